The van der Waals surface area contributed by atoms with Gasteiger partial charge in [0.2, 0.25) is 0 Å². The van der Waals surface area contributed by atoms with Gasteiger partial charge in [0.1, 0.15) is 0 Å². The maximum atomic E-state index is 11.9. The molecule has 0 N–H and O–H groups in total. The number of unbranched alkanes of at least 4 members (excludes halogenated alkanes) is 12. The number of hydrogen-bond donors (Lipinski definition) is 0. The van der Waals surface area contributed by atoms with Gasteiger partial charge < -0.3 is 0 Å². The Hall–Kier alpha value is -0.590. The highest BCUT2D eigenvalue weighted by Crippen LogP contribution is 2.13. The van der Waals surface area contributed by atoms with E-state index in [1.54, 1.807) is 0 Å². The van der Waals surface area contributed by atoms with Gasteiger partial charge in [0.15, 0.2) is 5.78 Å². The van der Waals surface area contributed by atoms with Gasteiger partial charge in [-0.1, -0.05) is 96.5 Å². The normalized spacial score (nSPS) is 11.9. The molecular weight excluding hydrogens is 280 g/mol. The third-order valence-electron chi connectivity index (χ3n) is 4.61. The van der Waals surface area contributed by atoms with E-state index in [9.17, 15) is 4.79 Å². The summed E-state index contributed by atoms with van der Waals surface area (Å²) in [6, 6.07) is 0. The van der Waals surface area contributed by atoms with E-state index in [0.29, 0.717) is 5.78 Å². The summed E-state index contributed by atoms with van der Waals surface area (Å²) in [5.74, 6) is 0.346. The molecule has 0 heterocycles. The number of carbonyl (C=O) groups is 1. The Morgan fingerprint density at radius 2 is 1.00 bits per heavy atom. The monoisotopic (exact) mass is 322 g/mol. The molecule has 0 aromatic rings. The highest BCUT2D eigenvalue weighted by Gasteiger charge is 2.00. The van der Waals surface area contributed by atoms with E-state index in [2.05, 4.69) is 20.8 Å². The van der Waals surface area contributed by atoms with Gasteiger partial charge in [0.05, 0.1) is 0 Å². The van der Waals surface area contributed by atoms with Gasteiger partial charge >= 0.3 is 0 Å². The molecule has 0 saturated carbocycles. The largest absolute Gasteiger partial charge is 0.295 e. The van der Waals surface area contributed by atoms with E-state index >= 15 is 0 Å². The Kier molecular flexibility index (Phi) is 17.3. The van der Waals surface area contributed by atoms with E-state index in [4.69, 9.17) is 0 Å². The molecule has 136 valence electrons. The van der Waals surface area contributed by atoms with Crippen LogP contribution in [0.5, 0.6) is 0 Å². The van der Waals surface area contributed by atoms with Crippen molar-refractivity contribution in [3.63, 3.8) is 0 Å². The van der Waals surface area contributed by atoms with Crippen molar-refractivity contribution >= 4 is 5.78 Å². The molecule has 0 unspecified atom stereocenters. The topological polar surface area (TPSA) is 17.1 Å². The average molecular weight is 323 g/mol. The highest BCUT2D eigenvalue weighted by atomic mass is 16.1. The summed E-state index contributed by atoms with van der Waals surface area (Å²) >= 11 is 0. The maximum absolute atomic E-state index is 11.9. The molecule has 0 fully saturated rings. The SMILES string of the molecule is CCCCCCCCCC(=O)C=C(C)CCCCCCCCC. The molecule has 0 bridgehead atoms. The van der Waals surface area contributed by atoms with Crippen molar-refractivity contribution in [1.82, 2.24) is 0 Å². The van der Waals surface area contributed by atoms with Gasteiger partial charge in [-0.3, -0.25) is 4.79 Å². The van der Waals surface area contributed by atoms with Crippen LogP contribution in [0.1, 0.15) is 124 Å². The Morgan fingerprint density at radius 3 is 1.48 bits per heavy atom. The van der Waals surface area contributed by atoms with Crippen molar-refractivity contribution in [3.8, 4) is 0 Å². The Morgan fingerprint density at radius 1 is 0.609 bits per heavy atom. The summed E-state index contributed by atoms with van der Waals surface area (Å²) in [5, 5.41) is 0. The number of hydrogen-bond acceptors (Lipinski definition) is 1. The molecule has 0 amide bonds. The van der Waals surface area contributed by atoms with Crippen LogP contribution in [-0.4, -0.2) is 5.78 Å². The van der Waals surface area contributed by atoms with Crippen molar-refractivity contribution in [2.45, 2.75) is 124 Å². The Bertz CT molecular complexity index is 290. The van der Waals surface area contributed by atoms with Crippen molar-refractivity contribution in [3.05, 3.63) is 11.6 Å². The molecule has 0 aliphatic rings. The van der Waals surface area contributed by atoms with E-state index in [-0.39, 0.29) is 0 Å². The standard InChI is InChI=1S/C22H42O/c1-4-6-8-10-12-14-16-18-21(3)20-22(23)19-17-15-13-11-9-7-5-2/h20H,4-19H2,1-3H3. The summed E-state index contributed by atoms with van der Waals surface area (Å²) in [4.78, 5) is 11.9. The number of carbonyl (C=O) groups excluding carboxylic acids is 1. The van der Waals surface area contributed by atoms with Gasteiger partial charge in [-0.2, -0.15) is 0 Å². The second kappa shape index (κ2) is 17.8. The lowest BCUT2D eigenvalue weighted by Gasteiger charge is -2.03. The molecule has 0 rings (SSSR count). The summed E-state index contributed by atoms with van der Waals surface area (Å²) in [6.45, 7) is 6.64. The Balaban J connectivity index is 3.48. The third-order valence-corrected chi connectivity index (χ3v) is 4.61. The first-order chi connectivity index (χ1) is 11.2. The second-order valence-corrected chi connectivity index (χ2v) is 7.20. The maximum Gasteiger partial charge on any atom is 0.155 e. The van der Waals surface area contributed by atoms with Crippen LogP contribution in [0, 0.1) is 0 Å². The minimum absolute atomic E-state index is 0.346. The summed E-state index contributed by atoms with van der Waals surface area (Å²) < 4.78 is 0. The number of ketones is 1. The van der Waals surface area contributed by atoms with Gasteiger partial charge in [0, 0.05) is 6.42 Å². The van der Waals surface area contributed by atoms with Crippen molar-refractivity contribution in [2.75, 3.05) is 0 Å². The molecule has 23 heavy (non-hydrogen) atoms. The minimum Gasteiger partial charge on any atom is -0.295 e. The molecule has 1 nitrogen and oxygen atoms in total. The van der Waals surface area contributed by atoms with Crippen LogP contribution in [0.3, 0.4) is 0 Å². The fraction of sp³-hybridized carbons (Fsp3) is 0.864. The first kappa shape index (κ1) is 22.4. The van der Waals surface area contributed by atoms with Crippen molar-refractivity contribution < 1.29 is 4.79 Å². The molecule has 0 aliphatic carbocycles. The zero-order valence-corrected chi connectivity index (χ0v) is 16.3. The molecule has 0 saturated heterocycles. The van der Waals surface area contributed by atoms with Gasteiger partial charge in [0.25, 0.3) is 0 Å². The zero-order chi connectivity index (χ0) is 17.2. The van der Waals surface area contributed by atoms with Crippen LogP contribution < -0.4 is 0 Å². The quantitative estimate of drug-likeness (QED) is 0.197. The first-order valence-electron chi connectivity index (χ1n) is 10.4. The number of allylic oxidation sites excluding steroid dienone is 2. The summed E-state index contributed by atoms with van der Waals surface area (Å²) in [7, 11) is 0. The zero-order valence-electron chi connectivity index (χ0n) is 16.3. The van der Waals surface area contributed by atoms with Gasteiger partial charge in [-0.15, -0.1) is 0 Å². The average Bonchev–Trinajstić information content (AvgIpc) is 2.53. The van der Waals surface area contributed by atoms with Crippen LogP contribution >= 0.6 is 0 Å². The highest BCUT2D eigenvalue weighted by molar-refractivity contribution is 5.90. The molecular formula is C22H42O. The van der Waals surface area contributed by atoms with Crippen LogP contribution in [0.15, 0.2) is 11.6 Å². The first-order valence-corrected chi connectivity index (χ1v) is 10.4. The predicted octanol–water partition coefficient (Wildman–Crippen LogP) is 7.78. The summed E-state index contributed by atoms with van der Waals surface area (Å²) in [6.07, 6.45) is 22.1. The molecule has 0 aliphatic heterocycles. The molecule has 1 heteroatoms. The van der Waals surface area contributed by atoms with Gasteiger partial charge in [-0.05, 0) is 32.3 Å². The van der Waals surface area contributed by atoms with Crippen LogP contribution in [0.4, 0.5) is 0 Å². The van der Waals surface area contributed by atoms with Crippen LogP contribution in [-0.2, 0) is 4.79 Å². The molecule has 0 aromatic heterocycles. The minimum atomic E-state index is 0.346. The summed E-state index contributed by atoms with van der Waals surface area (Å²) in [5.41, 5.74) is 1.28. The third kappa shape index (κ3) is 17.6. The Labute approximate surface area is 146 Å². The fourth-order valence-corrected chi connectivity index (χ4v) is 3.04. The van der Waals surface area contributed by atoms with E-state index in [0.717, 1.165) is 19.3 Å². The molecule has 0 aromatic carbocycles. The predicted molar refractivity (Wildman–Crippen MR) is 104 cm³/mol. The van der Waals surface area contributed by atoms with Crippen molar-refractivity contribution in [1.29, 1.82) is 0 Å². The molecule has 0 radical (unpaired) electrons. The second-order valence-electron chi connectivity index (χ2n) is 7.20. The van der Waals surface area contributed by atoms with Crippen molar-refractivity contribution in [2.24, 2.45) is 0 Å². The lowest BCUT2D eigenvalue weighted by Crippen LogP contribution is -1.95. The molecule has 0 spiro atoms. The van der Waals surface area contributed by atoms with E-state index in [1.807, 2.05) is 6.08 Å². The molecule has 0 atom stereocenters. The van der Waals surface area contributed by atoms with E-state index in [1.165, 1.54) is 89.0 Å². The lowest BCUT2D eigenvalue weighted by molar-refractivity contribution is -0.114. The fourth-order valence-electron chi connectivity index (χ4n) is 3.04. The lowest BCUT2D eigenvalue weighted by atomic mass is 10.0. The van der Waals surface area contributed by atoms with Crippen LogP contribution in [0.2, 0.25) is 0 Å². The smallest absolute Gasteiger partial charge is 0.155 e. The number of rotatable bonds is 17. The van der Waals surface area contributed by atoms with Crippen LogP contribution in [0.25, 0.3) is 0 Å². The van der Waals surface area contributed by atoms with E-state index < -0.39 is 0 Å². The van der Waals surface area contributed by atoms with Gasteiger partial charge in [-0.25, -0.2) is 0 Å².